The lowest BCUT2D eigenvalue weighted by Gasteiger charge is -2.13. The summed E-state index contributed by atoms with van der Waals surface area (Å²) in [5, 5.41) is 12.8. The number of aliphatic hydroxyl groups is 1. The van der Waals surface area contributed by atoms with Crippen molar-refractivity contribution < 1.29 is 9.52 Å². The number of oxazole rings is 1. The Morgan fingerprint density at radius 1 is 1.17 bits per heavy atom. The predicted octanol–water partition coefficient (Wildman–Crippen LogP) is 4.43. The molecule has 2 N–H and O–H groups in total. The molecule has 0 saturated carbocycles. The molecule has 0 radical (unpaired) electrons. The number of anilines is 1. The van der Waals surface area contributed by atoms with Crippen LogP contribution >= 0.6 is 11.6 Å². The molecule has 3 rings (SSSR count). The number of aryl methyl sites for hydroxylation is 3. The molecule has 0 saturated heterocycles. The van der Waals surface area contributed by atoms with E-state index < -0.39 is 6.10 Å². The van der Waals surface area contributed by atoms with Gasteiger partial charge in [-0.05, 0) is 55.7 Å². The first-order valence-corrected chi connectivity index (χ1v) is 8.48. The lowest BCUT2D eigenvalue weighted by Crippen LogP contribution is -2.21. The van der Waals surface area contributed by atoms with Crippen LogP contribution in [-0.4, -0.2) is 28.6 Å². The number of fused-ring (bicyclic) bond motifs is 1. The lowest BCUT2D eigenvalue weighted by atomic mass is 10.1. The maximum atomic E-state index is 9.62. The van der Waals surface area contributed by atoms with Crippen molar-refractivity contribution >= 4 is 28.4 Å². The molecule has 1 aromatic heterocycles. The molecule has 0 amide bonds. The number of nitrogens with one attached hydrogen (secondary N) is 1. The number of benzene rings is 2. The minimum Gasteiger partial charge on any atom is -0.436 e. The molecule has 4 nitrogen and oxygen atoms in total. The Balaban J connectivity index is 1.96. The molecule has 0 aliphatic rings. The summed E-state index contributed by atoms with van der Waals surface area (Å²) < 4.78 is 5.97. The molecule has 0 spiro atoms. The van der Waals surface area contributed by atoms with E-state index in [1.165, 1.54) is 5.56 Å². The van der Waals surface area contributed by atoms with Crippen LogP contribution in [0.1, 0.15) is 16.7 Å². The summed E-state index contributed by atoms with van der Waals surface area (Å²) in [5.74, 6) is 0.801. The molecule has 0 aliphatic carbocycles. The van der Waals surface area contributed by atoms with Crippen LogP contribution in [0.25, 0.3) is 22.6 Å². The summed E-state index contributed by atoms with van der Waals surface area (Å²) in [6, 6.07) is 10.1. The zero-order valence-corrected chi connectivity index (χ0v) is 14.8. The van der Waals surface area contributed by atoms with Crippen LogP contribution in [0.5, 0.6) is 0 Å². The minimum atomic E-state index is -0.579. The zero-order valence-electron chi connectivity index (χ0n) is 14.1. The van der Waals surface area contributed by atoms with Crippen molar-refractivity contribution in [2.24, 2.45) is 0 Å². The highest BCUT2D eigenvalue weighted by Crippen LogP contribution is 2.29. The molecule has 0 aliphatic heterocycles. The molecule has 1 unspecified atom stereocenters. The monoisotopic (exact) mass is 344 g/mol. The van der Waals surface area contributed by atoms with E-state index in [2.05, 4.69) is 23.3 Å². The van der Waals surface area contributed by atoms with E-state index in [1.54, 1.807) is 0 Å². The molecule has 0 bridgehead atoms. The van der Waals surface area contributed by atoms with Crippen LogP contribution in [0.15, 0.2) is 34.7 Å². The van der Waals surface area contributed by atoms with Gasteiger partial charge in [-0.2, -0.15) is 0 Å². The Bertz CT molecular complexity index is 873. The highest BCUT2D eigenvalue weighted by atomic mass is 35.5. The molecule has 1 heterocycles. The molecular weight excluding hydrogens is 324 g/mol. The van der Waals surface area contributed by atoms with Crippen LogP contribution < -0.4 is 5.32 Å². The van der Waals surface area contributed by atoms with E-state index in [1.807, 2.05) is 38.1 Å². The second kappa shape index (κ2) is 6.83. The Labute approximate surface area is 146 Å². The highest BCUT2D eigenvalue weighted by Gasteiger charge is 2.12. The quantitative estimate of drug-likeness (QED) is 0.672. The normalized spacial score (nSPS) is 12.5. The Morgan fingerprint density at radius 3 is 2.71 bits per heavy atom. The Morgan fingerprint density at radius 2 is 1.96 bits per heavy atom. The van der Waals surface area contributed by atoms with Crippen molar-refractivity contribution in [2.45, 2.75) is 26.9 Å². The average molecular weight is 345 g/mol. The average Bonchev–Trinajstić information content (AvgIpc) is 2.98. The predicted molar refractivity (Wildman–Crippen MR) is 98.9 cm³/mol. The first-order chi connectivity index (χ1) is 11.5. The van der Waals surface area contributed by atoms with Gasteiger partial charge in [0.15, 0.2) is 5.58 Å². The van der Waals surface area contributed by atoms with Crippen molar-refractivity contribution in [1.29, 1.82) is 0 Å². The Hall–Kier alpha value is -2.04. The first-order valence-electron chi connectivity index (χ1n) is 7.94. The number of nitrogens with zero attached hydrogens (tertiary/aromatic N) is 1. The summed E-state index contributed by atoms with van der Waals surface area (Å²) in [5.41, 5.74) is 6.87. The molecule has 126 valence electrons. The van der Waals surface area contributed by atoms with E-state index >= 15 is 0 Å². The number of alkyl halides is 1. The van der Waals surface area contributed by atoms with Gasteiger partial charge in [0.05, 0.1) is 12.0 Å². The topological polar surface area (TPSA) is 58.3 Å². The van der Waals surface area contributed by atoms with Gasteiger partial charge in [0, 0.05) is 17.8 Å². The van der Waals surface area contributed by atoms with Crippen LogP contribution in [0, 0.1) is 20.8 Å². The molecule has 0 fully saturated rings. The van der Waals surface area contributed by atoms with Gasteiger partial charge >= 0.3 is 0 Å². The highest BCUT2D eigenvalue weighted by molar-refractivity contribution is 6.18. The number of hydrogen-bond acceptors (Lipinski definition) is 4. The number of aliphatic hydroxyl groups excluding tert-OH is 1. The second-order valence-electron chi connectivity index (χ2n) is 6.17. The summed E-state index contributed by atoms with van der Waals surface area (Å²) in [6.45, 7) is 6.50. The van der Waals surface area contributed by atoms with E-state index in [0.29, 0.717) is 12.4 Å². The first kappa shape index (κ1) is 16.8. The fourth-order valence-electron chi connectivity index (χ4n) is 2.73. The van der Waals surface area contributed by atoms with Crippen molar-refractivity contribution in [1.82, 2.24) is 4.98 Å². The summed E-state index contributed by atoms with van der Waals surface area (Å²) in [4.78, 5) is 4.62. The largest absolute Gasteiger partial charge is 0.436 e. The molecule has 3 aromatic rings. The summed E-state index contributed by atoms with van der Waals surface area (Å²) >= 11 is 5.64. The maximum Gasteiger partial charge on any atom is 0.227 e. The van der Waals surface area contributed by atoms with Crippen molar-refractivity contribution in [3.05, 3.63) is 47.0 Å². The third-order valence-electron chi connectivity index (χ3n) is 4.01. The number of hydrogen-bond donors (Lipinski definition) is 2. The maximum absolute atomic E-state index is 9.62. The van der Waals surface area contributed by atoms with Crippen LogP contribution in [0.4, 0.5) is 5.69 Å². The van der Waals surface area contributed by atoms with Gasteiger partial charge in [-0.3, -0.25) is 0 Å². The molecule has 2 aromatic carbocycles. The van der Waals surface area contributed by atoms with Crippen molar-refractivity contribution in [2.75, 3.05) is 17.7 Å². The van der Waals surface area contributed by atoms with E-state index in [4.69, 9.17) is 16.0 Å². The fraction of sp³-hybridized carbons (Fsp3) is 0.316. The van der Waals surface area contributed by atoms with E-state index in [9.17, 15) is 5.11 Å². The zero-order chi connectivity index (χ0) is 17.3. The molecule has 5 heteroatoms. The van der Waals surface area contributed by atoms with Crippen LogP contribution in [0.3, 0.4) is 0 Å². The molecular formula is C19H21ClN2O2. The number of aromatic nitrogens is 1. The number of halogens is 1. The van der Waals surface area contributed by atoms with E-state index in [-0.39, 0.29) is 5.88 Å². The van der Waals surface area contributed by atoms with Gasteiger partial charge in [0.2, 0.25) is 5.89 Å². The third kappa shape index (κ3) is 3.40. The van der Waals surface area contributed by atoms with Crippen LogP contribution in [0.2, 0.25) is 0 Å². The number of rotatable bonds is 5. The molecule has 24 heavy (non-hydrogen) atoms. The van der Waals surface area contributed by atoms with Crippen molar-refractivity contribution in [3.8, 4) is 11.5 Å². The van der Waals surface area contributed by atoms with Crippen LogP contribution in [-0.2, 0) is 0 Å². The van der Waals surface area contributed by atoms with Gasteiger partial charge in [-0.15, -0.1) is 11.6 Å². The van der Waals surface area contributed by atoms with Gasteiger partial charge < -0.3 is 14.8 Å². The smallest absolute Gasteiger partial charge is 0.227 e. The Kier molecular flexibility index (Phi) is 4.78. The standard InChI is InChI=1S/C19H21ClN2O2/c1-11-6-13(3)18-17(7-11)22-19(24-18)14-5-4-12(2)16(8-14)21-10-15(23)9-20/h4-8,15,21,23H,9-10H2,1-3H3. The van der Waals surface area contributed by atoms with Gasteiger partial charge in [-0.25, -0.2) is 4.98 Å². The second-order valence-corrected chi connectivity index (χ2v) is 6.48. The van der Waals surface area contributed by atoms with Gasteiger partial charge in [-0.1, -0.05) is 12.1 Å². The van der Waals surface area contributed by atoms with Gasteiger partial charge in [0.1, 0.15) is 5.52 Å². The van der Waals surface area contributed by atoms with Crippen molar-refractivity contribution in [3.63, 3.8) is 0 Å². The van der Waals surface area contributed by atoms with E-state index in [0.717, 1.165) is 33.5 Å². The minimum absolute atomic E-state index is 0.204. The molecule has 1 atom stereocenters. The SMILES string of the molecule is Cc1cc(C)c2oc(-c3ccc(C)c(NCC(O)CCl)c3)nc2c1. The third-order valence-corrected chi connectivity index (χ3v) is 4.37. The lowest BCUT2D eigenvalue weighted by molar-refractivity contribution is 0.211. The van der Waals surface area contributed by atoms with Gasteiger partial charge in [0.25, 0.3) is 0 Å². The summed E-state index contributed by atoms with van der Waals surface area (Å²) in [7, 11) is 0. The summed E-state index contributed by atoms with van der Waals surface area (Å²) in [6.07, 6.45) is -0.579. The fourth-order valence-corrected chi connectivity index (χ4v) is 2.84.